The van der Waals surface area contributed by atoms with Gasteiger partial charge in [-0.05, 0) is 63.7 Å². The zero-order chi connectivity index (χ0) is 23.7. The van der Waals surface area contributed by atoms with Crippen molar-refractivity contribution in [3.63, 3.8) is 0 Å². The summed E-state index contributed by atoms with van der Waals surface area (Å²) in [4.78, 5) is 12.7. The highest BCUT2D eigenvalue weighted by Crippen LogP contribution is 2.34. The summed E-state index contributed by atoms with van der Waals surface area (Å²) in [5, 5.41) is 0. The SMILES string of the molecule is CCOC(=O)C(=C\[C@H]1OC(C)(C)O[C@@H]1/C(C)=C/C=C/c1ccccc1)/C=C/C1CCCCC1. The first-order valence-electron chi connectivity index (χ1n) is 12.2. The molecule has 0 aromatic heterocycles. The quantitative estimate of drug-likeness (QED) is 0.248. The predicted octanol–water partition coefficient (Wildman–Crippen LogP) is 6.79. The third-order valence-corrected chi connectivity index (χ3v) is 6.08. The molecule has 4 heteroatoms. The van der Waals surface area contributed by atoms with Crippen LogP contribution in [0.25, 0.3) is 6.08 Å². The Bertz CT molecular complexity index is 885. The summed E-state index contributed by atoms with van der Waals surface area (Å²) in [6.07, 6.45) is 17.6. The molecule has 1 aliphatic heterocycles. The van der Waals surface area contributed by atoms with Crippen LogP contribution in [0.1, 0.15) is 65.4 Å². The number of hydrogen-bond donors (Lipinski definition) is 0. The Labute approximate surface area is 199 Å². The Morgan fingerprint density at radius 1 is 1.12 bits per heavy atom. The number of ether oxygens (including phenoxy) is 3. The van der Waals surface area contributed by atoms with Crippen LogP contribution in [0.5, 0.6) is 0 Å². The van der Waals surface area contributed by atoms with Crippen molar-refractivity contribution in [2.75, 3.05) is 6.61 Å². The average molecular weight is 451 g/mol. The highest BCUT2D eigenvalue weighted by atomic mass is 16.7. The van der Waals surface area contributed by atoms with E-state index in [4.69, 9.17) is 14.2 Å². The van der Waals surface area contributed by atoms with Gasteiger partial charge >= 0.3 is 5.97 Å². The molecular weight excluding hydrogens is 412 g/mol. The van der Waals surface area contributed by atoms with Gasteiger partial charge in [-0.15, -0.1) is 0 Å². The number of carbonyl (C=O) groups excluding carboxylic acids is 1. The highest BCUT2D eigenvalue weighted by molar-refractivity contribution is 5.91. The fourth-order valence-corrected chi connectivity index (χ4v) is 4.38. The van der Waals surface area contributed by atoms with Crippen molar-refractivity contribution in [2.24, 2.45) is 5.92 Å². The van der Waals surface area contributed by atoms with Crippen molar-refractivity contribution >= 4 is 12.0 Å². The second-order valence-electron chi connectivity index (χ2n) is 9.30. The number of allylic oxidation sites excluding steroid dienone is 3. The maximum absolute atomic E-state index is 12.7. The van der Waals surface area contributed by atoms with E-state index in [1.807, 2.05) is 70.2 Å². The number of rotatable bonds is 8. The van der Waals surface area contributed by atoms with Crippen LogP contribution in [0.4, 0.5) is 0 Å². The summed E-state index contributed by atoms with van der Waals surface area (Å²) >= 11 is 0. The van der Waals surface area contributed by atoms with Gasteiger partial charge in [0.05, 0.1) is 12.2 Å². The van der Waals surface area contributed by atoms with Crippen LogP contribution in [0.2, 0.25) is 0 Å². The zero-order valence-corrected chi connectivity index (χ0v) is 20.5. The molecule has 2 fully saturated rings. The highest BCUT2D eigenvalue weighted by Gasteiger charge is 2.41. The van der Waals surface area contributed by atoms with Crippen molar-refractivity contribution in [2.45, 2.75) is 77.8 Å². The summed E-state index contributed by atoms with van der Waals surface area (Å²) in [6, 6.07) is 10.2. The third kappa shape index (κ3) is 7.83. The fourth-order valence-electron chi connectivity index (χ4n) is 4.38. The maximum atomic E-state index is 12.7. The molecule has 4 nitrogen and oxygen atoms in total. The number of benzene rings is 1. The lowest BCUT2D eigenvalue weighted by atomic mass is 9.88. The predicted molar refractivity (Wildman–Crippen MR) is 133 cm³/mol. The van der Waals surface area contributed by atoms with E-state index < -0.39 is 5.79 Å². The lowest BCUT2D eigenvalue weighted by Crippen LogP contribution is -2.23. The summed E-state index contributed by atoms with van der Waals surface area (Å²) in [5.74, 6) is -0.534. The first-order chi connectivity index (χ1) is 15.9. The Morgan fingerprint density at radius 3 is 2.55 bits per heavy atom. The summed E-state index contributed by atoms with van der Waals surface area (Å²) in [7, 11) is 0. The van der Waals surface area contributed by atoms with Gasteiger partial charge in [-0.2, -0.15) is 0 Å². The van der Waals surface area contributed by atoms with Gasteiger partial charge in [-0.3, -0.25) is 0 Å². The number of esters is 1. The molecule has 0 bridgehead atoms. The molecule has 0 amide bonds. The Morgan fingerprint density at radius 2 is 1.85 bits per heavy atom. The summed E-state index contributed by atoms with van der Waals surface area (Å²) in [6.45, 7) is 8.01. The first kappa shape index (κ1) is 25.2. The van der Waals surface area contributed by atoms with Gasteiger partial charge in [-0.1, -0.05) is 80.0 Å². The van der Waals surface area contributed by atoms with Gasteiger partial charge in [0.15, 0.2) is 5.79 Å². The number of carbonyl (C=O) groups is 1. The maximum Gasteiger partial charge on any atom is 0.337 e. The molecule has 1 heterocycles. The van der Waals surface area contributed by atoms with Crippen molar-refractivity contribution < 1.29 is 19.0 Å². The van der Waals surface area contributed by atoms with Crippen LogP contribution >= 0.6 is 0 Å². The summed E-state index contributed by atoms with van der Waals surface area (Å²) in [5.41, 5.74) is 2.71. The lowest BCUT2D eigenvalue weighted by Gasteiger charge is -2.18. The van der Waals surface area contributed by atoms with E-state index in [-0.39, 0.29) is 18.2 Å². The molecule has 1 aromatic carbocycles. The molecule has 1 saturated carbocycles. The lowest BCUT2D eigenvalue weighted by molar-refractivity contribution is -0.141. The van der Waals surface area contributed by atoms with E-state index in [1.54, 1.807) is 0 Å². The molecule has 1 aromatic rings. The molecule has 178 valence electrons. The minimum absolute atomic E-state index is 0.284. The largest absolute Gasteiger partial charge is 0.462 e. The van der Waals surface area contributed by atoms with Gasteiger partial charge in [0.2, 0.25) is 0 Å². The zero-order valence-electron chi connectivity index (χ0n) is 20.5. The molecule has 0 spiro atoms. The van der Waals surface area contributed by atoms with Gasteiger partial charge in [0.25, 0.3) is 0 Å². The van der Waals surface area contributed by atoms with Crippen LogP contribution in [0.15, 0.2) is 71.9 Å². The second-order valence-corrected chi connectivity index (χ2v) is 9.30. The van der Waals surface area contributed by atoms with Gasteiger partial charge in [-0.25, -0.2) is 4.79 Å². The van der Waals surface area contributed by atoms with E-state index in [2.05, 4.69) is 24.3 Å². The molecule has 0 radical (unpaired) electrons. The minimum Gasteiger partial charge on any atom is -0.462 e. The van der Waals surface area contributed by atoms with Crippen LogP contribution in [-0.2, 0) is 19.0 Å². The van der Waals surface area contributed by atoms with Gasteiger partial charge < -0.3 is 14.2 Å². The van der Waals surface area contributed by atoms with Gasteiger partial charge in [0, 0.05) is 0 Å². The monoisotopic (exact) mass is 450 g/mol. The average Bonchev–Trinajstić information content (AvgIpc) is 3.12. The third-order valence-electron chi connectivity index (χ3n) is 6.08. The van der Waals surface area contributed by atoms with Crippen LogP contribution < -0.4 is 0 Å². The smallest absolute Gasteiger partial charge is 0.337 e. The number of hydrogen-bond acceptors (Lipinski definition) is 4. The Kier molecular flexibility index (Phi) is 9.28. The van der Waals surface area contributed by atoms with Crippen molar-refractivity contribution in [1.29, 1.82) is 0 Å². The fraction of sp³-hybridized carbons (Fsp3) is 0.483. The van der Waals surface area contributed by atoms with E-state index in [1.165, 1.54) is 32.1 Å². The molecule has 33 heavy (non-hydrogen) atoms. The van der Waals surface area contributed by atoms with Gasteiger partial charge in [0.1, 0.15) is 12.2 Å². The molecule has 3 rings (SSSR count). The Hall–Kier alpha value is -2.43. The standard InChI is InChI=1S/C29H38O4/c1-5-31-28(30)25(20-19-24-16-10-7-11-17-24)21-26-27(33-29(3,4)32-26)22(2)13-12-18-23-14-8-6-9-15-23/h6,8-9,12-15,18-21,24,26-27H,5,7,10-11,16-17H2,1-4H3/b18-12+,20-19+,22-13+,25-21-/t26-,27-/m1/s1. The minimum atomic E-state index is -0.739. The van der Waals surface area contributed by atoms with E-state index in [0.717, 1.165) is 11.1 Å². The molecule has 2 atom stereocenters. The molecule has 0 unspecified atom stereocenters. The van der Waals surface area contributed by atoms with Crippen LogP contribution in [0.3, 0.4) is 0 Å². The van der Waals surface area contributed by atoms with E-state index in [9.17, 15) is 4.79 Å². The molecule has 2 aliphatic rings. The molecular formula is C29H38O4. The summed E-state index contributed by atoms with van der Waals surface area (Å²) < 4.78 is 17.7. The van der Waals surface area contributed by atoms with Crippen molar-refractivity contribution in [3.8, 4) is 0 Å². The topological polar surface area (TPSA) is 44.8 Å². The van der Waals surface area contributed by atoms with E-state index in [0.29, 0.717) is 18.1 Å². The Balaban J connectivity index is 1.81. The molecule has 1 saturated heterocycles. The van der Waals surface area contributed by atoms with Crippen LogP contribution in [-0.4, -0.2) is 30.6 Å². The van der Waals surface area contributed by atoms with Crippen molar-refractivity contribution in [3.05, 3.63) is 77.4 Å². The van der Waals surface area contributed by atoms with Crippen LogP contribution in [0, 0.1) is 5.92 Å². The second kappa shape index (κ2) is 12.2. The molecule has 1 aliphatic carbocycles. The molecule has 0 N–H and O–H groups in total. The normalized spacial score (nSPS) is 24.6. The first-order valence-corrected chi connectivity index (χ1v) is 12.2. The van der Waals surface area contributed by atoms with E-state index >= 15 is 0 Å². The van der Waals surface area contributed by atoms with Crippen molar-refractivity contribution in [1.82, 2.24) is 0 Å².